The van der Waals surface area contributed by atoms with Crippen molar-refractivity contribution in [3.8, 4) is 5.75 Å². The minimum absolute atomic E-state index is 0.00793. The van der Waals surface area contributed by atoms with Crippen LogP contribution in [-0.2, 0) is 21.3 Å². The van der Waals surface area contributed by atoms with E-state index in [2.05, 4.69) is 24.8 Å². The highest BCUT2D eigenvalue weighted by atomic mass is 16.7. The molecule has 2 heterocycles. The molecule has 1 aliphatic carbocycles. The van der Waals surface area contributed by atoms with Crippen molar-refractivity contribution in [1.82, 2.24) is 4.90 Å². The van der Waals surface area contributed by atoms with Crippen LogP contribution in [0, 0.1) is 5.92 Å². The average Bonchev–Trinajstić information content (AvgIpc) is 3.04. The zero-order chi connectivity index (χ0) is 16.0. The van der Waals surface area contributed by atoms with Crippen molar-refractivity contribution < 1.29 is 14.6 Å². The van der Waals surface area contributed by atoms with Gasteiger partial charge in [-0.1, -0.05) is 19.9 Å². The molecule has 0 amide bonds. The Morgan fingerprint density at radius 1 is 1.30 bits per heavy atom. The van der Waals surface area contributed by atoms with Gasteiger partial charge in [-0.25, -0.2) is 0 Å². The fraction of sp³-hybridized carbons (Fsp3) is 0.684. The number of piperidine rings is 1. The Morgan fingerprint density at radius 3 is 2.87 bits per heavy atom. The van der Waals surface area contributed by atoms with Gasteiger partial charge in [0.25, 0.3) is 0 Å². The molecule has 0 aromatic heterocycles. The number of ether oxygens (including phenoxy) is 2. The molecule has 2 saturated heterocycles. The predicted molar refractivity (Wildman–Crippen MR) is 88.6 cm³/mol. The number of hydrogen-bond donors (Lipinski definition) is 1. The Morgan fingerprint density at radius 2 is 2.09 bits per heavy atom. The summed E-state index contributed by atoms with van der Waals surface area (Å²) in [4.78, 5) is 2.63. The third-order valence-electron chi connectivity index (χ3n) is 6.45. The monoisotopic (exact) mass is 317 g/mol. The zero-order valence-corrected chi connectivity index (χ0v) is 14.1. The lowest BCUT2D eigenvalue weighted by Crippen LogP contribution is -2.58. The standard InChI is InChI=1S/C19H27NO3/c1-13-17-11-14-3-4-15(21)12-16(14)19(13,2)6-8-20(17)7-5-18-22-9-10-23-18/h3-4,12-13,17-18,21H,5-11H2,1-2H3. The van der Waals surface area contributed by atoms with Crippen LogP contribution < -0.4 is 0 Å². The van der Waals surface area contributed by atoms with Crippen molar-refractivity contribution in [2.75, 3.05) is 26.3 Å². The molecule has 0 spiro atoms. The Labute approximate surface area is 138 Å². The molecule has 1 N–H and O–H groups in total. The first-order chi connectivity index (χ1) is 11.1. The Hall–Kier alpha value is -1.10. The molecule has 4 rings (SSSR count). The Bertz CT molecular complexity index is 584. The summed E-state index contributed by atoms with van der Waals surface area (Å²) in [6, 6.07) is 6.53. The number of phenolic OH excluding ortho intramolecular Hbond substituents is 1. The predicted octanol–water partition coefficient (Wildman–Crippen LogP) is 2.68. The first kappa shape index (κ1) is 15.4. The van der Waals surface area contributed by atoms with Crippen molar-refractivity contribution >= 4 is 0 Å². The largest absolute Gasteiger partial charge is 0.508 e. The van der Waals surface area contributed by atoms with Gasteiger partial charge in [-0.15, -0.1) is 0 Å². The molecule has 3 unspecified atom stereocenters. The molecule has 126 valence electrons. The molecule has 2 fully saturated rings. The molecule has 2 aliphatic heterocycles. The lowest BCUT2D eigenvalue weighted by Gasteiger charge is -2.54. The van der Waals surface area contributed by atoms with Gasteiger partial charge in [-0.05, 0) is 54.0 Å². The van der Waals surface area contributed by atoms with Gasteiger partial charge in [0, 0.05) is 19.0 Å². The van der Waals surface area contributed by atoms with Gasteiger partial charge >= 0.3 is 0 Å². The number of nitrogens with zero attached hydrogens (tertiary/aromatic N) is 1. The molecular formula is C19H27NO3. The summed E-state index contributed by atoms with van der Waals surface area (Å²) in [5.41, 5.74) is 2.95. The lowest BCUT2D eigenvalue weighted by atomic mass is 9.59. The normalized spacial score (nSPS) is 34.5. The van der Waals surface area contributed by atoms with E-state index in [9.17, 15) is 5.11 Å². The number of aromatic hydroxyl groups is 1. The first-order valence-corrected chi connectivity index (χ1v) is 8.87. The third-order valence-corrected chi connectivity index (χ3v) is 6.45. The number of phenols is 1. The second-order valence-electron chi connectivity index (χ2n) is 7.56. The van der Waals surface area contributed by atoms with E-state index in [1.807, 2.05) is 12.1 Å². The van der Waals surface area contributed by atoms with E-state index in [1.165, 1.54) is 11.1 Å². The van der Waals surface area contributed by atoms with Gasteiger partial charge in [0.15, 0.2) is 6.29 Å². The summed E-state index contributed by atoms with van der Waals surface area (Å²) in [5.74, 6) is 0.990. The van der Waals surface area contributed by atoms with Gasteiger partial charge in [0.2, 0.25) is 0 Å². The van der Waals surface area contributed by atoms with Crippen LogP contribution in [0.3, 0.4) is 0 Å². The van der Waals surface area contributed by atoms with Crippen molar-refractivity contribution in [2.45, 2.75) is 50.9 Å². The molecule has 1 aromatic rings. The quantitative estimate of drug-likeness (QED) is 0.931. The Balaban J connectivity index is 1.54. The van der Waals surface area contributed by atoms with E-state index >= 15 is 0 Å². The fourth-order valence-electron chi connectivity index (χ4n) is 4.82. The molecule has 0 saturated carbocycles. The van der Waals surface area contributed by atoms with E-state index in [4.69, 9.17) is 9.47 Å². The van der Waals surface area contributed by atoms with Crippen LogP contribution in [0.25, 0.3) is 0 Å². The lowest BCUT2D eigenvalue weighted by molar-refractivity contribution is -0.0608. The van der Waals surface area contributed by atoms with Crippen LogP contribution in [0.4, 0.5) is 0 Å². The molecule has 1 aromatic carbocycles. The molecule has 3 atom stereocenters. The fourth-order valence-corrected chi connectivity index (χ4v) is 4.82. The van der Waals surface area contributed by atoms with Crippen molar-refractivity contribution in [2.24, 2.45) is 5.92 Å². The summed E-state index contributed by atoms with van der Waals surface area (Å²) in [7, 11) is 0. The van der Waals surface area contributed by atoms with Gasteiger partial charge in [0.05, 0.1) is 13.2 Å². The van der Waals surface area contributed by atoms with Gasteiger partial charge in [-0.2, -0.15) is 0 Å². The second-order valence-corrected chi connectivity index (χ2v) is 7.56. The van der Waals surface area contributed by atoms with Crippen LogP contribution in [0.15, 0.2) is 18.2 Å². The summed E-state index contributed by atoms with van der Waals surface area (Å²) >= 11 is 0. The second kappa shape index (κ2) is 5.76. The van der Waals surface area contributed by atoms with E-state index in [0.29, 0.717) is 17.7 Å². The summed E-state index contributed by atoms with van der Waals surface area (Å²) in [5, 5.41) is 9.91. The molecule has 0 radical (unpaired) electrons. The number of benzene rings is 1. The summed E-state index contributed by atoms with van der Waals surface area (Å²) in [6.07, 6.45) is 3.18. The molecule has 4 nitrogen and oxygen atoms in total. The van der Waals surface area contributed by atoms with E-state index < -0.39 is 0 Å². The maximum atomic E-state index is 9.91. The Kier molecular flexibility index (Phi) is 3.87. The number of rotatable bonds is 3. The van der Waals surface area contributed by atoms with E-state index in [-0.39, 0.29) is 11.7 Å². The first-order valence-electron chi connectivity index (χ1n) is 8.87. The molecule has 23 heavy (non-hydrogen) atoms. The minimum Gasteiger partial charge on any atom is -0.508 e. The topological polar surface area (TPSA) is 41.9 Å². The van der Waals surface area contributed by atoms with Crippen molar-refractivity contribution in [3.63, 3.8) is 0 Å². The van der Waals surface area contributed by atoms with Gasteiger partial charge in [-0.3, -0.25) is 4.90 Å². The van der Waals surface area contributed by atoms with E-state index in [0.717, 1.165) is 45.6 Å². The van der Waals surface area contributed by atoms with Crippen LogP contribution in [-0.4, -0.2) is 48.6 Å². The smallest absolute Gasteiger partial charge is 0.159 e. The van der Waals surface area contributed by atoms with E-state index in [1.54, 1.807) is 0 Å². The van der Waals surface area contributed by atoms with Crippen molar-refractivity contribution in [1.29, 1.82) is 0 Å². The van der Waals surface area contributed by atoms with Crippen LogP contribution in [0.1, 0.15) is 37.8 Å². The summed E-state index contributed by atoms with van der Waals surface area (Å²) in [6.45, 7) is 8.39. The minimum atomic E-state index is -0.00793. The van der Waals surface area contributed by atoms with Gasteiger partial charge in [0.1, 0.15) is 5.75 Å². The number of likely N-dealkylation sites (tertiary alicyclic amines) is 1. The molecular weight excluding hydrogens is 290 g/mol. The van der Waals surface area contributed by atoms with Crippen LogP contribution in [0.5, 0.6) is 5.75 Å². The highest BCUT2D eigenvalue weighted by Crippen LogP contribution is 2.49. The maximum Gasteiger partial charge on any atom is 0.159 e. The number of fused-ring (bicyclic) bond motifs is 4. The molecule has 2 bridgehead atoms. The van der Waals surface area contributed by atoms with Crippen LogP contribution in [0.2, 0.25) is 0 Å². The third kappa shape index (κ3) is 2.57. The van der Waals surface area contributed by atoms with Gasteiger partial charge < -0.3 is 14.6 Å². The SMILES string of the molecule is CC1C2Cc3ccc(O)cc3C1(C)CCN2CCC1OCCO1. The highest BCUT2D eigenvalue weighted by molar-refractivity contribution is 5.44. The van der Waals surface area contributed by atoms with Crippen molar-refractivity contribution in [3.05, 3.63) is 29.3 Å². The average molecular weight is 317 g/mol. The highest BCUT2D eigenvalue weighted by Gasteiger charge is 2.48. The molecule has 4 heteroatoms. The number of hydrogen-bond acceptors (Lipinski definition) is 4. The molecule has 3 aliphatic rings. The van der Waals surface area contributed by atoms with Crippen LogP contribution >= 0.6 is 0 Å². The maximum absolute atomic E-state index is 9.91. The summed E-state index contributed by atoms with van der Waals surface area (Å²) < 4.78 is 11.2. The zero-order valence-electron chi connectivity index (χ0n) is 14.1.